The Morgan fingerprint density at radius 3 is 2.86 bits per heavy atom. The number of aliphatic hydroxyl groups excluding tert-OH is 1. The number of rotatable bonds is 6. The van der Waals surface area contributed by atoms with Crippen molar-refractivity contribution in [3.63, 3.8) is 0 Å². The molecule has 0 saturated heterocycles. The highest BCUT2D eigenvalue weighted by Crippen LogP contribution is 2.28. The molecule has 0 spiro atoms. The largest absolute Gasteiger partial charge is 0.466 e. The third kappa shape index (κ3) is 3.57. The summed E-state index contributed by atoms with van der Waals surface area (Å²) < 4.78 is 10.6. The van der Waals surface area contributed by atoms with Crippen molar-refractivity contribution in [3.8, 4) is 11.5 Å². The lowest BCUT2D eigenvalue weighted by Gasteiger charge is -2.15. The molecule has 1 amide bonds. The van der Waals surface area contributed by atoms with Crippen LogP contribution < -0.4 is 5.32 Å². The second-order valence-corrected chi connectivity index (χ2v) is 6.49. The number of para-hydroxylation sites is 2. The number of oxazole rings is 1. The van der Waals surface area contributed by atoms with Crippen molar-refractivity contribution in [2.45, 2.75) is 0 Å². The molecule has 0 unspecified atom stereocenters. The number of esters is 1. The summed E-state index contributed by atoms with van der Waals surface area (Å²) in [5.41, 5.74) is 3.12. The standard InChI is InChI=1S/C21H19N3O5/c1-28-21(27)15-12-24(9-10-25)20(26)18(15)22-14-6-4-5-13(11-14)19-23-16-7-2-3-8-17(16)29-19/h2-8,11,22,25H,9-10,12H2,1H3. The quantitative estimate of drug-likeness (QED) is 0.619. The maximum Gasteiger partial charge on any atom is 0.337 e. The molecule has 0 bridgehead atoms. The van der Waals surface area contributed by atoms with Crippen LogP contribution in [0.5, 0.6) is 0 Å². The summed E-state index contributed by atoms with van der Waals surface area (Å²) in [6.07, 6.45) is 0. The third-order valence-electron chi connectivity index (χ3n) is 4.63. The Bertz CT molecular complexity index is 1090. The first-order chi connectivity index (χ1) is 14.1. The Morgan fingerprint density at radius 1 is 1.28 bits per heavy atom. The van der Waals surface area contributed by atoms with Crippen molar-refractivity contribution in [1.82, 2.24) is 9.88 Å². The van der Waals surface area contributed by atoms with E-state index in [0.717, 1.165) is 11.1 Å². The summed E-state index contributed by atoms with van der Waals surface area (Å²) >= 11 is 0. The minimum atomic E-state index is -0.587. The number of carbonyl (C=O) groups is 2. The van der Waals surface area contributed by atoms with Crippen LogP contribution in [0.2, 0.25) is 0 Å². The van der Waals surface area contributed by atoms with Crippen molar-refractivity contribution >= 4 is 28.7 Å². The molecule has 29 heavy (non-hydrogen) atoms. The second-order valence-electron chi connectivity index (χ2n) is 6.49. The van der Waals surface area contributed by atoms with Gasteiger partial charge in [-0.1, -0.05) is 18.2 Å². The van der Waals surface area contributed by atoms with Crippen LogP contribution in [0.25, 0.3) is 22.6 Å². The molecule has 3 aromatic rings. The fourth-order valence-corrected chi connectivity index (χ4v) is 3.22. The van der Waals surface area contributed by atoms with Gasteiger partial charge in [-0.2, -0.15) is 0 Å². The number of hydrogen-bond acceptors (Lipinski definition) is 7. The Balaban J connectivity index is 1.65. The van der Waals surface area contributed by atoms with E-state index in [1.165, 1.54) is 12.0 Å². The van der Waals surface area contributed by atoms with Gasteiger partial charge in [0.15, 0.2) is 5.58 Å². The van der Waals surface area contributed by atoms with E-state index in [0.29, 0.717) is 17.2 Å². The summed E-state index contributed by atoms with van der Waals surface area (Å²) in [6.45, 7) is 0.0212. The summed E-state index contributed by atoms with van der Waals surface area (Å²) in [5.74, 6) is -0.500. The van der Waals surface area contributed by atoms with Gasteiger partial charge in [-0.05, 0) is 30.3 Å². The van der Waals surface area contributed by atoms with Gasteiger partial charge in [0.2, 0.25) is 5.89 Å². The van der Waals surface area contributed by atoms with Crippen molar-refractivity contribution in [1.29, 1.82) is 0 Å². The molecule has 2 heterocycles. The number of fused-ring (bicyclic) bond motifs is 1. The van der Waals surface area contributed by atoms with E-state index in [-0.39, 0.29) is 36.9 Å². The van der Waals surface area contributed by atoms with Crippen LogP contribution in [0, 0.1) is 0 Å². The average Bonchev–Trinajstić information content (AvgIpc) is 3.31. The molecule has 0 aliphatic carbocycles. The summed E-state index contributed by atoms with van der Waals surface area (Å²) in [4.78, 5) is 30.6. The molecule has 2 aromatic carbocycles. The van der Waals surface area contributed by atoms with Crippen LogP contribution in [-0.4, -0.2) is 53.7 Å². The number of hydrogen-bond donors (Lipinski definition) is 2. The first-order valence-corrected chi connectivity index (χ1v) is 9.05. The second kappa shape index (κ2) is 7.76. The highest BCUT2D eigenvalue weighted by atomic mass is 16.5. The molecule has 0 radical (unpaired) electrons. The highest BCUT2D eigenvalue weighted by molar-refractivity contribution is 6.08. The number of nitrogens with one attached hydrogen (secondary N) is 1. The van der Waals surface area contributed by atoms with Gasteiger partial charge in [0.05, 0.1) is 25.8 Å². The van der Waals surface area contributed by atoms with Gasteiger partial charge in [-0.25, -0.2) is 9.78 Å². The van der Waals surface area contributed by atoms with E-state index in [4.69, 9.17) is 14.3 Å². The van der Waals surface area contributed by atoms with Crippen molar-refractivity contribution < 1.29 is 23.8 Å². The minimum absolute atomic E-state index is 0.0826. The monoisotopic (exact) mass is 393 g/mol. The topological polar surface area (TPSA) is 105 Å². The van der Waals surface area contributed by atoms with E-state index in [1.807, 2.05) is 30.3 Å². The van der Waals surface area contributed by atoms with Crippen molar-refractivity contribution in [2.75, 3.05) is 32.1 Å². The number of aromatic nitrogens is 1. The normalized spacial score (nSPS) is 14.0. The zero-order valence-corrected chi connectivity index (χ0v) is 15.7. The molecule has 0 atom stereocenters. The van der Waals surface area contributed by atoms with Gasteiger partial charge in [0, 0.05) is 17.8 Å². The van der Waals surface area contributed by atoms with E-state index in [2.05, 4.69) is 10.3 Å². The number of benzene rings is 2. The molecule has 148 valence electrons. The minimum Gasteiger partial charge on any atom is -0.466 e. The fraction of sp³-hybridized carbons (Fsp3) is 0.190. The molecular weight excluding hydrogens is 374 g/mol. The summed E-state index contributed by atoms with van der Waals surface area (Å²) in [5, 5.41) is 12.2. The number of methoxy groups -OCH3 is 1. The maximum absolute atomic E-state index is 12.7. The van der Waals surface area contributed by atoms with Crippen molar-refractivity contribution in [2.24, 2.45) is 0 Å². The van der Waals surface area contributed by atoms with E-state index >= 15 is 0 Å². The van der Waals surface area contributed by atoms with Crippen LogP contribution in [0.4, 0.5) is 5.69 Å². The first-order valence-electron chi connectivity index (χ1n) is 9.05. The van der Waals surface area contributed by atoms with Crippen molar-refractivity contribution in [3.05, 3.63) is 59.8 Å². The lowest BCUT2D eigenvalue weighted by atomic mass is 10.1. The highest BCUT2D eigenvalue weighted by Gasteiger charge is 2.34. The Kier molecular flexibility index (Phi) is 5.01. The van der Waals surface area contributed by atoms with Gasteiger partial charge in [0.25, 0.3) is 5.91 Å². The Hall–Kier alpha value is -3.65. The number of nitrogens with zero attached hydrogens (tertiary/aromatic N) is 2. The predicted octanol–water partition coefficient (Wildman–Crippen LogP) is 2.17. The SMILES string of the molecule is COC(=O)C1=C(Nc2cccc(-c3nc4ccccc4o3)c2)C(=O)N(CCO)C1. The molecule has 8 heteroatoms. The van der Waals surface area contributed by atoms with Crippen LogP contribution in [-0.2, 0) is 14.3 Å². The van der Waals surface area contributed by atoms with E-state index in [9.17, 15) is 9.59 Å². The van der Waals surface area contributed by atoms with E-state index in [1.54, 1.807) is 18.2 Å². The molecule has 1 aliphatic heterocycles. The predicted molar refractivity (Wildman–Crippen MR) is 106 cm³/mol. The van der Waals surface area contributed by atoms with Gasteiger partial charge < -0.3 is 24.5 Å². The zero-order valence-electron chi connectivity index (χ0n) is 15.7. The summed E-state index contributed by atoms with van der Waals surface area (Å²) in [7, 11) is 1.26. The van der Waals surface area contributed by atoms with Gasteiger partial charge in [-0.15, -0.1) is 0 Å². The molecule has 0 fully saturated rings. The molecule has 8 nitrogen and oxygen atoms in total. The number of ether oxygens (including phenoxy) is 1. The third-order valence-corrected chi connectivity index (χ3v) is 4.63. The molecule has 4 rings (SSSR count). The van der Waals surface area contributed by atoms with Crippen LogP contribution in [0.15, 0.2) is 64.2 Å². The molecular formula is C21H19N3O5. The lowest BCUT2D eigenvalue weighted by Crippen LogP contribution is -2.31. The average molecular weight is 393 g/mol. The van der Waals surface area contributed by atoms with Crippen LogP contribution >= 0.6 is 0 Å². The number of carbonyl (C=O) groups excluding carboxylic acids is 2. The van der Waals surface area contributed by atoms with Crippen LogP contribution in [0.1, 0.15) is 0 Å². The fourth-order valence-electron chi connectivity index (χ4n) is 3.22. The van der Waals surface area contributed by atoms with Crippen LogP contribution in [0.3, 0.4) is 0 Å². The van der Waals surface area contributed by atoms with Gasteiger partial charge in [0.1, 0.15) is 11.2 Å². The Labute approximate surface area is 166 Å². The summed E-state index contributed by atoms with van der Waals surface area (Å²) in [6, 6.07) is 14.7. The molecule has 1 aromatic heterocycles. The number of β-amino-alcohol motifs (C(OH)–C–C–N with tert-alkyl or cyclic N) is 1. The smallest absolute Gasteiger partial charge is 0.337 e. The molecule has 1 aliphatic rings. The lowest BCUT2D eigenvalue weighted by molar-refractivity contribution is -0.136. The maximum atomic E-state index is 12.7. The van der Waals surface area contributed by atoms with Gasteiger partial charge >= 0.3 is 5.97 Å². The number of aliphatic hydroxyl groups is 1. The molecule has 0 saturated carbocycles. The molecule has 2 N–H and O–H groups in total. The number of anilines is 1. The Morgan fingerprint density at radius 2 is 2.10 bits per heavy atom. The van der Waals surface area contributed by atoms with Gasteiger partial charge in [-0.3, -0.25) is 4.79 Å². The van der Waals surface area contributed by atoms with E-state index < -0.39 is 5.97 Å². The first kappa shape index (κ1) is 18.7. The zero-order chi connectivity index (χ0) is 20.4. The number of amides is 1.